The van der Waals surface area contributed by atoms with E-state index in [1.54, 1.807) is 18.0 Å². The van der Waals surface area contributed by atoms with Crippen molar-refractivity contribution >= 4 is 17.5 Å². The van der Waals surface area contributed by atoms with Crippen LogP contribution in [-0.4, -0.2) is 74.6 Å². The molecule has 0 aromatic carbocycles. The lowest BCUT2D eigenvalue weighted by molar-refractivity contribution is -0.143. The summed E-state index contributed by atoms with van der Waals surface area (Å²) in [5.74, 6) is -0.811. The Labute approximate surface area is 185 Å². The van der Waals surface area contributed by atoms with E-state index in [0.717, 1.165) is 24.2 Å². The molecule has 1 spiro atoms. The van der Waals surface area contributed by atoms with E-state index >= 15 is 0 Å². The summed E-state index contributed by atoms with van der Waals surface area (Å²) in [6, 6.07) is 3.48. The van der Waals surface area contributed by atoms with Gasteiger partial charge in [-0.05, 0) is 19.3 Å². The zero-order valence-corrected chi connectivity index (χ0v) is 18.3. The molecule has 0 aliphatic carbocycles. The molecule has 9 heteroatoms. The van der Waals surface area contributed by atoms with Gasteiger partial charge in [0.1, 0.15) is 5.60 Å². The zero-order chi connectivity index (χ0) is 22.2. The van der Waals surface area contributed by atoms with Gasteiger partial charge in [0.15, 0.2) is 5.65 Å². The predicted octanol–water partition coefficient (Wildman–Crippen LogP) is 0.703. The van der Waals surface area contributed by atoms with Crippen LogP contribution in [0.1, 0.15) is 37.1 Å². The van der Waals surface area contributed by atoms with Crippen LogP contribution in [0, 0.1) is 11.8 Å². The minimum Gasteiger partial charge on any atom is -0.360 e. The molecule has 2 aromatic rings. The van der Waals surface area contributed by atoms with Gasteiger partial charge in [-0.25, -0.2) is 9.50 Å². The van der Waals surface area contributed by atoms with Crippen LogP contribution >= 0.6 is 0 Å². The second kappa shape index (κ2) is 6.78. The summed E-state index contributed by atoms with van der Waals surface area (Å²) < 4.78 is 7.63. The fourth-order valence-corrected chi connectivity index (χ4v) is 6.06. The number of nitrogens with zero attached hydrogens (tertiary/aromatic N) is 4. The van der Waals surface area contributed by atoms with Gasteiger partial charge in [-0.15, -0.1) is 0 Å². The molecule has 0 radical (unpaired) electrons. The quantitative estimate of drug-likeness (QED) is 0.713. The summed E-state index contributed by atoms with van der Waals surface area (Å²) >= 11 is 0. The highest BCUT2D eigenvalue weighted by atomic mass is 16.5. The number of rotatable bonds is 3. The van der Waals surface area contributed by atoms with Gasteiger partial charge in [-0.3, -0.25) is 19.5 Å². The van der Waals surface area contributed by atoms with Gasteiger partial charge < -0.3 is 14.5 Å². The van der Waals surface area contributed by atoms with E-state index in [1.807, 2.05) is 30.0 Å². The van der Waals surface area contributed by atoms with Gasteiger partial charge in [0.05, 0.1) is 24.5 Å². The number of ether oxygens (including phenoxy) is 1. The minimum atomic E-state index is -0.646. The highest BCUT2D eigenvalue weighted by Crippen LogP contribution is 2.52. The molecule has 6 heterocycles. The van der Waals surface area contributed by atoms with Crippen molar-refractivity contribution < 1.29 is 14.3 Å². The molecule has 6 rings (SSSR count). The van der Waals surface area contributed by atoms with Crippen LogP contribution in [0.4, 0.5) is 0 Å². The van der Waals surface area contributed by atoms with Crippen LogP contribution in [-0.2, 0) is 20.7 Å². The summed E-state index contributed by atoms with van der Waals surface area (Å²) in [5.41, 5.74) is 1.53. The predicted molar refractivity (Wildman–Crippen MR) is 115 cm³/mol. The number of nitrogens with one attached hydrogen (secondary N) is 1. The Hall–Kier alpha value is -2.94. The number of carbonyl (C=O) groups excluding carboxylic acids is 2. The first-order chi connectivity index (χ1) is 15.4. The van der Waals surface area contributed by atoms with Crippen LogP contribution in [0.25, 0.3) is 5.65 Å². The average Bonchev–Trinajstić information content (AvgIpc) is 3.53. The highest BCUT2D eigenvalue weighted by molar-refractivity contribution is 5.93. The molecule has 5 unspecified atom stereocenters. The molecule has 2 amide bonds. The lowest BCUT2D eigenvalue weighted by Gasteiger charge is -2.36. The monoisotopic (exact) mass is 437 g/mol. The number of aromatic nitrogens is 3. The van der Waals surface area contributed by atoms with Crippen LogP contribution in [0.15, 0.2) is 29.1 Å². The minimum absolute atomic E-state index is 0.000697. The first-order valence-corrected chi connectivity index (χ1v) is 11.4. The third-order valence-electron chi connectivity index (χ3n) is 7.63. The third kappa shape index (κ3) is 2.66. The van der Waals surface area contributed by atoms with Gasteiger partial charge in [0.25, 0.3) is 5.56 Å². The van der Waals surface area contributed by atoms with Crippen molar-refractivity contribution in [2.45, 2.75) is 43.8 Å². The second-order valence-electron chi connectivity index (χ2n) is 9.56. The Morgan fingerprint density at radius 1 is 1.34 bits per heavy atom. The summed E-state index contributed by atoms with van der Waals surface area (Å²) in [6.45, 7) is 3.71. The number of likely N-dealkylation sites (N-methyl/N-ethyl adjacent to an activating group) is 1. The molecular formula is C23H27N5O4. The number of amides is 2. The first kappa shape index (κ1) is 19.7. The van der Waals surface area contributed by atoms with Crippen molar-refractivity contribution in [3.63, 3.8) is 0 Å². The molecule has 1 N–H and O–H groups in total. The molecule has 168 valence electrons. The molecule has 32 heavy (non-hydrogen) atoms. The lowest BCUT2D eigenvalue weighted by Crippen LogP contribution is -2.48. The maximum absolute atomic E-state index is 13.6. The number of aromatic amines is 1. The fraction of sp³-hybridized carbons (Fsp3) is 0.565. The van der Waals surface area contributed by atoms with Crippen molar-refractivity contribution in [2.24, 2.45) is 11.8 Å². The molecule has 2 bridgehead atoms. The second-order valence-corrected chi connectivity index (χ2v) is 9.56. The molecule has 3 saturated heterocycles. The number of fused-ring (bicyclic) bond motifs is 2. The largest absolute Gasteiger partial charge is 0.360 e. The maximum atomic E-state index is 13.6. The number of H-pyrrole nitrogens is 1. The van der Waals surface area contributed by atoms with Gasteiger partial charge in [0, 0.05) is 49.6 Å². The Morgan fingerprint density at radius 2 is 2.19 bits per heavy atom. The van der Waals surface area contributed by atoms with Crippen molar-refractivity contribution in [2.75, 3.05) is 26.7 Å². The molecule has 3 fully saturated rings. The van der Waals surface area contributed by atoms with E-state index in [0.29, 0.717) is 31.7 Å². The van der Waals surface area contributed by atoms with Gasteiger partial charge in [-0.1, -0.05) is 19.1 Å². The van der Waals surface area contributed by atoms with Crippen molar-refractivity contribution in [3.8, 4) is 0 Å². The number of hydrogen-bond donors (Lipinski definition) is 1. The number of aryl methyl sites for hydroxylation is 1. The Morgan fingerprint density at radius 3 is 3.00 bits per heavy atom. The summed E-state index contributed by atoms with van der Waals surface area (Å²) in [5, 5.41) is 3.20. The van der Waals surface area contributed by atoms with Crippen LogP contribution in [0.3, 0.4) is 0 Å². The number of piperidine rings is 1. The lowest BCUT2D eigenvalue weighted by atomic mass is 9.76. The summed E-state index contributed by atoms with van der Waals surface area (Å²) in [4.78, 5) is 47.0. The number of hydrogen-bond acceptors (Lipinski definition) is 5. The molecule has 2 aromatic heterocycles. The molecule has 4 aliphatic rings. The van der Waals surface area contributed by atoms with Crippen LogP contribution in [0.2, 0.25) is 0 Å². The highest BCUT2D eigenvalue weighted by Gasteiger charge is 2.66. The van der Waals surface area contributed by atoms with E-state index in [-0.39, 0.29) is 29.4 Å². The molecule has 5 atom stereocenters. The van der Waals surface area contributed by atoms with Crippen molar-refractivity contribution in [3.05, 3.63) is 46.0 Å². The standard InChI is InChI=1S/C23H27N5O4/c1-3-14-9-18(29)28-17(24-14)10-15(25-28)13-5-4-8-27(11-13)21(30)19-16-6-7-23(32-16)12-26(2)22(31)20(19)23/h6-7,9-10,13,16,19-20,25H,3-5,8,11-12H2,1-2H3. The zero-order valence-electron chi connectivity index (χ0n) is 18.3. The fourth-order valence-electron chi connectivity index (χ4n) is 6.06. The van der Waals surface area contributed by atoms with Gasteiger partial charge in [-0.2, -0.15) is 0 Å². The molecule has 4 aliphatic heterocycles. The molecular weight excluding hydrogens is 410 g/mol. The normalized spacial score (nSPS) is 33.5. The van der Waals surface area contributed by atoms with E-state index in [1.165, 1.54) is 4.52 Å². The molecule has 9 nitrogen and oxygen atoms in total. The number of carbonyl (C=O) groups is 2. The van der Waals surface area contributed by atoms with Gasteiger partial charge >= 0.3 is 0 Å². The Bertz CT molecular complexity index is 1210. The molecule has 0 saturated carbocycles. The Kier molecular flexibility index (Phi) is 4.18. The van der Waals surface area contributed by atoms with Gasteiger partial charge in [0.2, 0.25) is 11.8 Å². The smallest absolute Gasteiger partial charge is 0.272 e. The Balaban J connectivity index is 1.26. The van der Waals surface area contributed by atoms with E-state index in [2.05, 4.69) is 10.1 Å². The maximum Gasteiger partial charge on any atom is 0.272 e. The van der Waals surface area contributed by atoms with E-state index < -0.39 is 17.4 Å². The van der Waals surface area contributed by atoms with E-state index in [9.17, 15) is 14.4 Å². The summed E-state index contributed by atoms with van der Waals surface area (Å²) in [7, 11) is 1.77. The van der Waals surface area contributed by atoms with Crippen LogP contribution < -0.4 is 5.56 Å². The SMILES string of the molecule is CCc1cc(=O)n2[nH]c(C3CCCN(C(=O)C4C5C=CC6(CN(C)C(=O)C46)O5)C3)cc2n1. The van der Waals surface area contributed by atoms with Crippen LogP contribution in [0.5, 0.6) is 0 Å². The average molecular weight is 438 g/mol. The number of likely N-dealkylation sites (tertiary alicyclic amines) is 2. The van der Waals surface area contributed by atoms with Crippen molar-refractivity contribution in [1.29, 1.82) is 0 Å². The third-order valence-corrected chi connectivity index (χ3v) is 7.63. The summed E-state index contributed by atoms with van der Waals surface area (Å²) in [6.07, 6.45) is 6.10. The topological polar surface area (TPSA) is 100 Å². The first-order valence-electron chi connectivity index (χ1n) is 11.4. The van der Waals surface area contributed by atoms with Crippen molar-refractivity contribution in [1.82, 2.24) is 24.4 Å². The van der Waals surface area contributed by atoms with E-state index in [4.69, 9.17) is 4.74 Å².